The second kappa shape index (κ2) is 8.46. The van der Waals surface area contributed by atoms with Gasteiger partial charge >= 0.3 is 0 Å². The van der Waals surface area contributed by atoms with Gasteiger partial charge in [0, 0.05) is 17.5 Å². The maximum Gasteiger partial charge on any atom is 0.251 e. The van der Waals surface area contributed by atoms with Crippen LogP contribution in [0.5, 0.6) is 5.75 Å². The Morgan fingerprint density at radius 3 is 2.79 bits per heavy atom. The van der Waals surface area contributed by atoms with Gasteiger partial charge in [0.2, 0.25) is 10.0 Å². The van der Waals surface area contributed by atoms with Gasteiger partial charge in [0.05, 0.1) is 18.0 Å². The third-order valence-corrected chi connectivity index (χ3v) is 5.87. The lowest BCUT2D eigenvalue weighted by atomic mass is 10.1. The van der Waals surface area contributed by atoms with Gasteiger partial charge in [0.15, 0.2) is 0 Å². The Morgan fingerprint density at radius 1 is 1.25 bits per heavy atom. The SMILES string of the molecule is C#CCNS(=O)(=O)c1cccc(C(=O)N[C@@H]2C[C@@H]2c2cccc(OCC)c2)c1. The van der Waals surface area contributed by atoms with E-state index in [1.807, 2.05) is 31.2 Å². The molecule has 1 amide bonds. The number of nitrogens with one attached hydrogen (secondary N) is 2. The van der Waals surface area contributed by atoms with Crippen molar-refractivity contribution in [2.24, 2.45) is 0 Å². The molecule has 2 aromatic rings. The number of terminal acetylenes is 1. The minimum atomic E-state index is -3.74. The van der Waals surface area contributed by atoms with Gasteiger partial charge in [-0.3, -0.25) is 4.79 Å². The zero-order valence-corrected chi connectivity index (χ0v) is 16.3. The summed E-state index contributed by atoms with van der Waals surface area (Å²) >= 11 is 0. The summed E-state index contributed by atoms with van der Waals surface area (Å²) in [6, 6.07) is 13.8. The first-order valence-corrected chi connectivity index (χ1v) is 10.5. The first-order chi connectivity index (χ1) is 13.4. The maximum absolute atomic E-state index is 12.6. The summed E-state index contributed by atoms with van der Waals surface area (Å²) in [5.41, 5.74) is 1.41. The van der Waals surface area contributed by atoms with Crippen LogP contribution >= 0.6 is 0 Å². The highest BCUT2D eigenvalue weighted by Crippen LogP contribution is 2.41. The van der Waals surface area contributed by atoms with Crippen molar-refractivity contribution in [3.8, 4) is 18.1 Å². The van der Waals surface area contributed by atoms with E-state index in [4.69, 9.17) is 11.2 Å². The van der Waals surface area contributed by atoms with Crippen LogP contribution in [0.25, 0.3) is 0 Å². The highest BCUT2D eigenvalue weighted by atomic mass is 32.2. The van der Waals surface area contributed by atoms with Crippen molar-refractivity contribution in [2.75, 3.05) is 13.2 Å². The molecule has 1 saturated carbocycles. The largest absolute Gasteiger partial charge is 0.494 e. The molecular formula is C21H22N2O4S. The lowest BCUT2D eigenvalue weighted by Crippen LogP contribution is -2.27. The van der Waals surface area contributed by atoms with Crippen molar-refractivity contribution in [1.29, 1.82) is 0 Å². The molecule has 146 valence electrons. The van der Waals surface area contributed by atoms with Gasteiger partial charge in [-0.25, -0.2) is 8.42 Å². The van der Waals surface area contributed by atoms with Crippen LogP contribution in [0.4, 0.5) is 0 Å². The molecule has 0 unspecified atom stereocenters. The van der Waals surface area contributed by atoms with E-state index in [1.165, 1.54) is 18.2 Å². The molecule has 0 saturated heterocycles. The van der Waals surface area contributed by atoms with E-state index in [-0.39, 0.29) is 34.9 Å². The molecule has 0 spiro atoms. The number of benzene rings is 2. The highest BCUT2D eigenvalue weighted by Gasteiger charge is 2.39. The third kappa shape index (κ3) is 4.71. The van der Waals surface area contributed by atoms with Crippen LogP contribution in [0.15, 0.2) is 53.4 Å². The zero-order valence-electron chi connectivity index (χ0n) is 15.5. The first kappa shape index (κ1) is 19.9. The van der Waals surface area contributed by atoms with Crippen molar-refractivity contribution in [3.63, 3.8) is 0 Å². The summed E-state index contributed by atoms with van der Waals surface area (Å²) in [6.45, 7) is 2.43. The molecule has 2 N–H and O–H groups in total. The molecule has 1 fully saturated rings. The van der Waals surface area contributed by atoms with E-state index in [2.05, 4.69) is 16.0 Å². The van der Waals surface area contributed by atoms with Crippen LogP contribution in [0, 0.1) is 12.3 Å². The number of rotatable bonds is 8. The van der Waals surface area contributed by atoms with E-state index < -0.39 is 10.0 Å². The second-order valence-electron chi connectivity index (χ2n) is 6.48. The normalized spacial score (nSPS) is 18.1. The van der Waals surface area contributed by atoms with E-state index >= 15 is 0 Å². The van der Waals surface area contributed by atoms with Crippen LogP contribution in [0.1, 0.15) is 35.2 Å². The number of sulfonamides is 1. The molecule has 28 heavy (non-hydrogen) atoms. The summed E-state index contributed by atoms with van der Waals surface area (Å²) in [7, 11) is -3.74. The average molecular weight is 398 g/mol. The maximum atomic E-state index is 12.6. The lowest BCUT2D eigenvalue weighted by molar-refractivity contribution is 0.0950. The molecule has 0 radical (unpaired) electrons. The fraction of sp³-hybridized carbons (Fsp3) is 0.286. The fourth-order valence-corrected chi connectivity index (χ4v) is 3.98. The predicted molar refractivity (Wildman–Crippen MR) is 107 cm³/mol. The molecule has 2 atom stereocenters. The third-order valence-electron chi connectivity index (χ3n) is 4.47. The van der Waals surface area contributed by atoms with Crippen LogP contribution < -0.4 is 14.8 Å². The van der Waals surface area contributed by atoms with Crippen LogP contribution in [-0.4, -0.2) is 33.5 Å². The van der Waals surface area contributed by atoms with E-state index in [0.717, 1.165) is 17.7 Å². The van der Waals surface area contributed by atoms with Gasteiger partial charge in [-0.05, 0) is 49.2 Å². The number of carbonyl (C=O) groups is 1. The molecule has 0 aliphatic heterocycles. The highest BCUT2D eigenvalue weighted by molar-refractivity contribution is 7.89. The van der Waals surface area contributed by atoms with Crippen molar-refractivity contribution in [2.45, 2.75) is 30.2 Å². The fourth-order valence-electron chi connectivity index (χ4n) is 3.00. The number of carbonyl (C=O) groups excluding carboxylic acids is 1. The van der Waals surface area contributed by atoms with Gasteiger partial charge < -0.3 is 10.1 Å². The number of hydrogen-bond donors (Lipinski definition) is 2. The topological polar surface area (TPSA) is 84.5 Å². The van der Waals surface area contributed by atoms with Gasteiger partial charge in [-0.15, -0.1) is 6.42 Å². The van der Waals surface area contributed by atoms with E-state index in [9.17, 15) is 13.2 Å². The molecule has 6 nitrogen and oxygen atoms in total. The van der Waals surface area contributed by atoms with Gasteiger partial charge in [0.25, 0.3) is 5.91 Å². The monoisotopic (exact) mass is 398 g/mol. The zero-order chi connectivity index (χ0) is 20.1. The standard InChI is InChI=1S/C21H22N2O4S/c1-3-11-22-28(25,26)18-10-6-8-16(13-18)21(24)23-20-14-19(20)15-7-5-9-17(12-15)27-4-2/h1,5-10,12-13,19-20,22H,4,11,14H2,2H3,(H,23,24)/t19-,20-/m1/s1. The summed E-state index contributed by atoms with van der Waals surface area (Å²) in [5.74, 6) is 2.96. The Bertz CT molecular complexity index is 1010. The molecule has 7 heteroatoms. The molecule has 1 aliphatic rings. The molecular weight excluding hydrogens is 376 g/mol. The van der Waals surface area contributed by atoms with Crippen LogP contribution in [0.2, 0.25) is 0 Å². The smallest absolute Gasteiger partial charge is 0.251 e. The van der Waals surface area contributed by atoms with Gasteiger partial charge in [-0.2, -0.15) is 4.72 Å². The quantitative estimate of drug-likeness (QED) is 0.668. The minimum absolute atomic E-state index is 0.00663. The Kier molecular flexibility index (Phi) is 6.02. The number of hydrogen-bond acceptors (Lipinski definition) is 4. The Labute approximate surface area is 165 Å². The van der Waals surface area contributed by atoms with Crippen molar-refractivity contribution >= 4 is 15.9 Å². The summed E-state index contributed by atoms with van der Waals surface area (Å²) in [6.07, 6.45) is 5.93. The van der Waals surface area contributed by atoms with Gasteiger partial charge in [-0.1, -0.05) is 24.1 Å². The number of amides is 1. The summed E-state index contributed by atoms with van der Waals surface area (Å²) in [5, 5.41) is 2.96. The molecule has 0 bridgehead atoms. The summed E-state index contributed by atoms with van der Waals surface area (Å²) < 4.78 is 32.1. The van der Waals surface area contributed by atoms with E-state index in [1.54, 1.807) is 6.07 Å². The van der Waals surface area contributed by atoms with Crippen molar-refractivity contribution in [3.05, 3.63) is 59.7 Å². The first-order valence-electron chi connectivity index (χ1n) is 9.01. The van der Waals surface area contributed by atoms with Crippen LogP contribution in [0.3, 0.4) is 0 Å². The Hall–Kier alpha value is -2.82. The Balaban J connectivity index is 1.66. The summed E-state index contributed by atoms with van der Waals surface area (Å²) in [4.78, 5) is 12.6. The van der Waals surface area contributed by atoms with E-state index in [0.29, 0.717) is 6.61 Å². The Morgan fingerprint density at radius 2 is 2.04 bits per heavy atom. The molecule has 3 rings (SSSR count). The van der Waals surface area contributed by atoms with Crippen molar-refractivity contribution in [1.82, 2.24) is 10.0 Å². The minimum Gasteiger partial charge on any atom is -0.494 e. The molecule has 0 aromatic heterocycles. The van der Waals surface area contributed by atoms with Crippen LogP contribution in [-0.2, 0) is 10.0 Å². The average Bonchev–Trinajstić information content (AvgIpc) is 3.46. The number of ether oxygens (including phenoxy) is 1. The molecule has 1 aliphatic carbocycles. The van der Waals surface area contributed by atoms with Gasteiger partial charge in [0.1, 0.15) is 5.75 Å². The predicted octanol–water partition coefficient (Wildman–Crippen LogP) is 2.28. The molecule has 0 heterocycles. The molecule has 2 aromatic carbocycles. The van der Waals surface area contributed by atoms with Crippen molar-refractivity contribution < 1.29 is 17.9 Å². The second-order valence-corrected chi connectivity index (χ2v) is 8.25. The lowest BCUT2D eigenvalue weighted by Gasteiger charge is -2.09.